The molecule has 1 amide bonds. The van der Waals surface area contributed by atoms with Crippen molar-refractivity contribution >= 4 is 6.09 Å². The number of nitrogens with one attached hydrogen (secondary N) is 1. The molecule has 0 saturated carbocycles. The van der Waals surface area contributed by atoms with Crippen LogP contribution in [0.2, 0.25) is 0 Å². The molecule has 5 heteroatoms. The van der Waals surface area contributed by atoms with Crippen molar-refractivity contribution in [2.24, 2.45) is 0 Å². The third-order valence-corrected chi connectivity index (χ3v) is 1.29. The second-order valence-electron chi connectivity index (χ2n) is 1.96. The highest BCUT2D eigenvalue weighted by molar-refractivity contribution is 5.72. The summed E-state index contributed by atoms with van der Waals surface area (Å²) in [5, 5.41) is 11.2. The first kappa shape index (κ1) is 8.14. The summed E-state index contributed by atoms with van der Waals surface area (Å²) >= 11 is 0. The molecule has 1 heterocycles. The Labute approximate surface area is 69.5 Å². The van der Waals surface area contributed by atoms with Gasteiger partial charge in [0.2, 0.25) is 0 Å². The minimum atomic E-state index is -0.583. The van der Waals surface area contributed by atoms with Gasteiger partial charge >= 0.3 is 6.09 Å². The Morgan fingerprint density at radius 1 is 1.83 bits per heavy atom. The smallest absolute Gasteiger partial charge is 0.418 e. The van der Waals surface area contributed by atoms with Crippen LogP contribution in [0, 0.1) is 11.3 Å². The maximum Gasteiger partial charge on any atom is 0.418 e. The van der Waals surface area contributed by atoms with Gasteiger partial charge in [0.15, 0.2) is 0 Å². The molecule has 1 rings (SSSR count). The lowest BCUT2D eigenvalue weighted by Gasteiger charge is -2.17. The van der Waals surface area contributed by atoms with E-state index in [-0.39, 0.29) is 5.70 Å². The normalized spacial score (nSPS) is 14.3. The maximum absolute atomic E-state index is 11.0. The number of nitriles is 1. The number of methoxy groups -OCH3 is 1. The van der Waals surface area contributed by atoms with Crippen LogP contribution >= 0.6 is 0 Å². The fourth-order valence-electron chi connectivity index (χ4n) is 0.738. The summed E-state index contributed by atoms with van der Waals surface area (Å²) < 4.78 is 4.44. The molecular formula is C7H7N3O2. The predicted molar refractivity (Wildman–Crippen MR) is 40.2 cm³/mol. The van der Waals surface area contributed by atoms with Crippen molar-refractivity contribution in [1.82, 2.24) is 10.2 Å². The Bertz CT molecular complexity index is 288. The van der Waals surface area contributed by atoms with E-state index in [0.29, 0.717) is 0 Å². The molecule has 0 aromatic rings. The average molecular weight is 165 g/mol. The summed E-state index contributed by atoms with van der Waals surface area (Å²) in [6, 6.07) is 1.84. The van der Waals surface area contributed by atoms with Gasteiger partial charge in [-0.1, -0.05) is 0 Å². The van der Waals surface area contributed by atoms with E-state index in [0.717, 1.165) is 4.90 Å². The molecule has 0 saturated heterocycles. The molecule has 0 bridgehead atoms. The van der Waals surface area contributed by atoms with Crippen molar-refractivity contribution in [3.05, 3.63) is 24.3 Å². The third kappa shape index (κ3) is 1.37. The van der Waals surface area contributed by atoms with Crippen molar-refractivity contribution in [2.75, 3.05) is 7.11 Å². The van der Waals surface area contributed by atoms with Crippen molar-refractivity contribution < 1.29 is 9.53 Å². The van der Waals surface area contributed by atoms with Crippen molar-refractivity contribution in [3.63, 3.8) is 0 Å². The lowest BCUT2D eigenvalue weighted by Crippen LogP contribution is -2.28. The number of rotatable bonds is 0. The van der Waals surface area contributed by atoms with E-state index in [4.69, 9.17) is 5.26 Å². The summed E-state index contributed by atoms with van der Waals surface area (Å²) in [6.45, 7) is 0. The minimum Gasteiger partial charge on any atom is -0.452 e. The Hall–Kier alpha value is -1.96. The van der Waals surface area contributed by atoms with E-state index < -0.39 is 6.09 Å². The zero-order valence-corrected chi connectivity index (χ0v) is 6.44. The Balaban J connectivity index is 2.82. The van der Waals surface area contributed by atoms with Crippen LogP contribution < -0.4 is 5.32 Å². The monoisotopic (exact) mass is 165 g/mol. The van der Waals surface area contributed by atoms with Crippen LogP contribution in [0.25, 0.3) is 0 Å². The first-order valence-corrected chi connectivity index (χ1v) is 3.19. The van der Waals surface area contributed by atoms with E-state index in [1.165, 1.54) is 25.7 Å². The van der Waals surface area contributed by atoms with E-state index in [2.05, 4.69) is 10.1 Å². The first-order valence-electron chi connectivity index (χ1n) is 3.19. The molecule has 0 aromatic carbocycles. The Kier molecular flexibility index (Phi) is 2.33. The SMILES string of the molecule is COC(=O)N1C=CNC=C1C#N. The van der Waals surface area contributed by atoms with Gasteiger partial charge < -0.3 is 10.1 Å². The van der Waals surface area contributed by atoms with Gasteiger partial charge in [0.1, 0.15) is 11.8 Å². The fourth-order valence-corrected chi connectivity index (χ4v) is 0.738. The molecule has 0 aromatic heterocycles. The maximum atomic E-state index is 11.0. The van der Waals surface area contributed by atoms with E-state index in [1.807, 2.05) is 6.07 Å². The Morgan fingerprint density at radius 3 is 3.17 bits per heavy atom. The van der Waals surface area contributed by atoms with Crippen LogP contribution in [0.1, 0.15) is 0 Å². The first-order chi connectivity index (χ1) is 5.79. The number of carbonyl (C=O) groups is 1. The largest absolute Gasteiger partial charge is 0.452 e. The highest BCUT2D eigenvalue weighted by Gasteiger charge is 2.17. The van der Waals surface area contributed by atoms with Crippen LogP contribution in [0.15, 0.2) is 24.3 Å². The highest BCUT2D eigenvalue weighted by Crippen LogP contribution is 2.07. The molecular weight excluding hydrogens is 158 g/mol. The molecule has 0 radical (unpaired) electrons. The van der Waals surface area contributed by atoms with Crippen LogP contribution in [-0.4, -0.2) is 18.1 Å². The molecule has 0 fully saturated rings. The second kappa shape index (κ2) is 3.44. The van der Waals surface area contributed by atoms with Crippen LogP contribution in [0.5, 0.6) is 0 Å². The highest BCUT2D eigenvalue weighted by atomic mass is 16.5. The number of nitrogens with zero attached hydrogens (tertiary/aromatic N) is 2. The quantitative estimate of drug-likeness (QED) is 0.567. The number of hydrogen-bond acceptors (Lipinski definition) is 4. The number of amides is 1. The van der Waals surface area contributed by atoms with Crippen molar-refractivity contribution in [2.45, 2.75) is 0 Å². The number of hydrogen-bond donors (Lipinski definition) is 1. The molecule has 1 N–H and O–H groups in total. The Morgan fingerprint density at radius 2 is 2.58 bits per heavy atom. The number of ether oxygens (including phenoxy) is 1. The summed E-state index contributed by atoms with van der Waals surface area (Å²) in [7, 11) is 1.26. The minimum absolute atomic E-state index is 0.198. The van der Waals surface area contributed by atoms with Crippen molar-refractivity contribution in [3.8, 4) is 6.07 Å². The molecule has 1 aliphatic heterocycles. The van der Waals surface area contributed by atoms with Gasteiger partial charge in [-0.25, -0.2) is 9.69 Å². The van der Waals surface area contributed by atoms with Gasteiger partial charge in [-0.2, -0.15) is 5.26 Å². The lowest BCUT2D eigenvalue weighted by molar-refractivity contribution is 0.149. The number of carbonyl (C=O) groups excluding carboxylic acids is 1. The predicted octanol–water partition coefficient (Wildman–Crippen LogP) is 0.494. The van der Waals surface area contributed by atoms with Gasteiger partial charge in [0.25, 0.3) is 0 Å². The van der Waals surface area contributed by atoms with Gasteiger partial charge in [-0.15, -0.1) is 0 Å². The van der Waals surface area contributed by atoms with E-state index in [1.54, 1.807) is 0 Å². The van der Waals surface area contributed by atoms with Gasteiger partial charge in [0.05, 0.1) is 7.11 Å². The molecule has 0 unspecified atom stereocenters. The molecule has 0 atom stereocenters. The topological polar surface area (TPSA) is 65.4 Å². The van der Waals surface area contributed by atoms with Gasteiger partial charge in [-0.05, 0) is 0 Å². The summed E-state index contributed by atoms with van der Waals surface area (Å²) in [5.74, 6) is 0. The van der Waals surface area contributed by atoms with E-state index >= 15 is 0 Å². The van der Waals surface area contributed by atoms with Gasteiger partial charge in [-0.3, -0.25) is 0 Å². The fraction of sp³-hybridized carbons (Fsp3) is 0.143. The zero-order chi connectivity index (χ0) is 8.97. The number of allylic oxidation sites excluding steroid dienone is 1. The van der Waals surface area contributed by atoms with Crippen molar-refractivity contribution in [1.29, 1.82) is 5.26 Å². The summed E-state index contributed by atoms with van der Waals surface area (Å²) in [5.41, 5.74) is 0.198. The average Bonchev–Trinajstić information content (AvgIpc) is 2.16. The van der Waals surface area contributed by atoms with Crippen LogP contribution in [0.3, 0.4) is 0 Å². The molecule has 62 valence electrons. The second-order valence-corrected chi connectivity index (χ2v) is 1.96. The summed E-state index contributed by atoms with van der Waals surface area (Å²) in [4.78, 5) is 12.1. The molecule has 5 nitrogen and oxygen atoms in total. The molecule has 1 aliphatic rings. The summed E-state index contributed by atoms with van der Waals surface area (Å²) in [6.07, 6.45) is 3.78. The molecule has 0 aliphatic carbocycles. The van der Waals surface area contributed by atoms with Crippen LogP contribution in [-0.2, 0) is 4.74 Å². The zero-order valence-electron chi connectivity index (χ0n) is 6.44. The molecule has 0 spiro atoms. The lowest BCUT2D eigenvalue weighted by atomic mass is 10.4. The van der Waals surface area contributed by atoms with Crippen LogP contribution in [0.4, 0.5) is 4.79 Å². The third-order valence-electron chi connectivity index (χ3n) is 1.29. The molecule has 12 heavy (non-hydrogen) atoms. The van der Waals surface area contributed by atoms with Gasteiger partial charge in [0, 0.05) is 18.6 Å². The standard InChI is InChI=1S/C7H7N3O2/c1-12-7(11)10-3-2-9-5-6(10)4-8/h2-3,5,9H,1H3. The van der Waals surface area contributed by atoms with E-state index in [9.17, 15) is 4.79 Å².